The normalized spacial score (nSPS) is 23.1. The molecule has 0 amide bonds. The molecule has 0 spiro atoms. The Balaban J connectivity index is 1.51. The molecule has 0 N–H and O–H groups in total. The van der Waals surface area contributed by atoms with E-state index in [2.05, 4.69) is 58.0 Å². The Hall–Kier alpha value is -1.54. The van der Waals surface area contributed by atoms with Gasteiger partial charge in [-0.2, -0.15) is 0 Å². The average molecular weight is 409 g/mol. The van der Waals surface area contributed by atoms with Crippen molar-refractivity contribution in [1.29, 1.82) is 0 Å². The predicted molar refractivity (Wildman–Crippen MR) is 126 cm³/mol. The van der Waals surface area contributed by atoms with Crippen LogP contribution in [0.25, 0.3) is 10.8 Å². The Morgan fingerprint density at radius 3 is 2.47 bits per heavy atom. The number of hydrogen-bond donors (Lipinski definition) is 0. The van der Waals surface area contributed by atoms with E-state index in [0.29, 0.717) is 11.8 Å². The Bertz CT molecular complexity index is 857. The van der Waals surface area contributed by atoms with Gasteiger partial charge in [-0.3, -0.25) is 0 Å². The first-order valence-corrected chi connectivity index (χ1v) is 12.2. The van der Waals surface area contributed by atoms with Crippen molar-refractivity contribution >= 4 is 10.8 Å². The highest BCUT2D eigenvalue weighted by Crippen LogP contribution is 2.56. The first-order valence-electron chi connectivity index (χ1n) is 12.2. The molecule has 0 radical (unpaired) electrons. The van der Waals surface area contributed by atoms with Gasteiger partial charge in [-0.1, -0.05) is 84.1 Å². The molecule has 2 aromatic rings. The van der Waals surface area contributed by atoms with Gasteiger partial charge >= 0.3 is 0 Å². The number of benzene rings is 2. The topological polar surface area (TPSA) is 18.5 Å². The van der Waals surface area contributed by atoms with Crippen LogP contribution in [0.2, 0.25) is 0 Å². The molecule has 2 heteroatoms. The van der Waals surface area contributed by atoms with Crippen LogP contribution in [0.5, 0.6) is 5.75 Å². The van der Waals surface area contributed by atoms with E-state index in [9.17, 15) is 0 Å². The third-order valence-corrected chi connectivity index (χ3v) is 7.47. The second kappa shape index (κ2) is 8.91. The highest BCUT2D eigenvalue weighted by atomic mass is 16.7. The van der Waals surface area contributed by atoms with E-state index in [1.54, 1.807) is 0 Å². The SMILES string of the molecule is CCC1c2cccc3c(OC(C)OCCC4CCCCC4)ccc(c23)C1C(C)(C)C. The van der Waals surface area contributed by atoms with Crippen molar-refractivity contribution in [3.63, 3.8) is 0 Å². The highest BCUT2D eigenvalue weighted by molar-refractivity contribution is 5.96. The Morgan fingerprint density at radius 2 is 1.77 bits per heavy atom. The molecule has 2 aliphatic rings. The van der Waals surface area contributed by atoms with Gasteiger partial charge < -0.3 is 9.47 Å². The number of rotatable bonds is 7. The molecule has 2 aromatic carbocycles. The number of ether oxygens (including phenoxy) is 2. The van der Waals surface area contributed by atoms with Gasteiger partial charge in [0.2, 0.25) is 0 Å². The van der Waals surface area contributed by atoms with Crippen LogP contribution in [0.15, 0.2) is 30.3 Å². The summed E-state index contributed by atoms with van der Waals surface area (Å²) in [5.74, 6) is 2.96. The molecule has 1 saturated carbocycles. The van der Waals surface area contributed by atoms with E-state index in [4.69, 9.17) is 9.47 Å². The molecule has 0 bridgehead atoms. The average Bonchev–Trinajstić information content (AvgIpc) is 3.06. The fourth-order valence-corrected chi connectivity index (χ4v) is 6.12. The largest absolute Gasteiger partial charge is 0.465 e. The minimum absolute atomic E-state index is 0.215. The van der Waals surface area contributed by atoms with Gasteiger partial charge in [0, 0.05) is 5.39 Å². The Labute approximate surface area is 183 Å². The molecular formula is C28H40O2. The molecule has 0 aromatic heterocycles. The molecule has 1 fully saturated rings. The summed E-state index contributed by atoms with van der Waals surface area (Å²) in [4.78, 5) is 0. The zero-order valence-corrected chi connectivity index (χ0v) is 19.7. The van der Waals surface area contributed by atoms with E-state index in [0.717, 1.165) is 18.3 Å². The maximum absolute atomic E-state index is 6.32. The molecule has 3 unspecified atom stereocenters. The monoisotopic (exact) mass is 408 g/mol. The van der Waals surface area contributed by atoms with E-state index < -0.39 is 0 Å². The van der Waals surface area contributed by atoms with Crippen LogP contribution < -0.4 is 4.74 Å². The van der Waals surface area contributed by atoms with Crippen LogP contribution in [-0.4, -0.2) is 12.9 Å². The van der Waals surface area contributed by atoms with Crippen molar-refractivity contribution in [2.75, 3.05) is 6.61 Å². The molecule has 164 valence electrons. The summed E-state index contributed by atoms with van der Waals surface area (Å²) in [6, 6.07) is 11.3. The zero-order valence-electron chi connectivity index (χ0n) is 19.7. The summed E-state index contributed by atoms with van der Waals surface area (Å²) in [7, 11) is 0. The van der Waals surface area contributed by atoms with Crippen LogP contribution in [0.4, 0.5) is 0 Å². The lowest BCUT2D eigenvalue weighted by Gasteiger charge is -2.33. The molecule has 3 atom stereocenters. The molecule has 0 heterocycles. The highest BCUT2D eigenvalue weighted by Gasteiger charge is 2.40. The fraction of sp³-hybridized carbons (Fsp3) is 0.643. The smallest absolute Gasteiger partial charge is 0.197 e. The lowest BCUT2D eigenvalue weighted by Crippen LogP contribution is -2.21. The first kappa shape index (κ1) is 21.7. The van der Waals surface area contributed by atoms with Crippen LogP contribution >= 0.6 is 0 Å². The standard InChI is InChI=1S/C28H40O2/c1-6-21-22-13-10-14-23-25(16-15-24(26(22)23)27(21)28(3,4)5)30-19(2)29-18-17-20-11-8-7-9-12-20/h10,13-16,19-21,27H,6-9,11-12,17-18H2,1-5H3. The summed E-state index contributed by atoms with van der Waals surface area (Å²) in [5.41, 5.74) is 3.24. The molecule has 0 aliphatic heterocycles. The van der Waals surface area contributed by atoms with Gasteiger partial charge in [-0.25, -0.2) is 0 Å². The third kappa shape index (κ3) is 4.26. The lowest BCUT2D eigenvalue weighted by molar-refractivity contribution is -0.0703. The third-order valence-electron chi connectivity index (χ3n) is 7.47. The van der Waals surface area contributed by atoms with Gasteiger partial charge in [0.05, 0.1) is 6.61 Å². The van der Waals surface area contributed by atoms with E-state index in [-0.39, 0.29) is 11.7 Å². The first-order chi connectivity index (χ1) is 14.4. The van der Waals surface area contributed by atoms with Crippen molar-refractivity contribution in [1.82, 2.24) is 0 Å². The maximum atomic E-state index is 6.32. The lowest BCUT2D eigenvalue weighted by atomic mass is 9.71. The minimum atomic E-state index is -0.215. The van der Waals surface area contributed by atoms with Crippen molar-refractivity contribution in [3.05, 3.63) is 41.5 Å². The van der Waals surface area contributed by atoms with Crippen LogP contribution in [0.3, 0.4) is 0 Å². The van der Waals surface area contributed by atoms with Gasteiger partial charge in [0.25, 0.3) is 0 Å². The predicted octanol–water partition coefficient (Wildman–Crippen LogP) is 8.19. The van der Waals surface area contributed by atoms with E-state index >= 15 is 0 Å². The fourth-order valence-electron chi connectivity index (χ4n) is 6.12. The second-order valence-corrected chi connectivity index (χ2v) is 10.6. The summed E-state index contributed by atoms with van der Waals surface area (Å²) >= 11 is 0. The molecule has 0 saturated heterocycles. The number of hydrogen-bond acceptors (Lipinski definition) is 2. The van der Waals surface area contributed by atoms with Gasteiger partial charge in [-0.15, -0.1) is 0 Å². The molecule has 4 rings (SSSR count). The van der Waals surface area contributed by atoms with Crippen LogP contribution in [0.1, 0.15) is 103 Å². The van der Waals surface area contributed by atoms with Crippen molar-refractivity contribution in [3.8, 4) is 5.75 Å². The van der Waals surface area contributed by atoms with Gasteiger partial charge in [0.15, 0.2) is 6.29 Å². The van der Waals surface area contributed by atoms with Crippen LogP contribution in [0, 0.1) is 11.3 Å². The summed E-state index contributed by atoms with van der Waals surface area (Å²) in [6.45, 7) is 12.3. The summed E-state index contributed by atoms with van der Waals surface area (Å²) in [6.07, 6.45) is 9.08. The van der Waals surface area contributed by atoms with Crippen molar-refractivity contribution in [2.24, 2.45) is 11.3 Å². The zero-order chi connectivity index (χ0) is 21.3. The molecule has 2 nitrogen and oxygen atoms in total. The Kier molecular flexibility index (Phi) is 6.44. The minimum Gasteiger partial charge on any atom is -0.465 e. The van der Waals surface area contributed by atoms with Crippen molar-refractivity contribution < 1.29 is 9.47 Å². The molecular weight excluding hydrogens is 368 g/mol. The van der Waals surface area contributed by atoms with Gasteiger partial charge in [-0.05, 0) is 65.5 Å². The maximum Gasteiger partial charge on any atom is 0.197 e. The van der Waals surface area contributed by atoms with E-state index in [1.165, 1.54) is 66.8 Å². The van der Waals surface area contributed by atoms with Crippen LogP contribution in [-0.2, 0) is 4.74 Å². The Morgan fingerprint density at radius 1 is 1.00 bits per heavy atom. The second-order valence-electron chi connectivity index (χ2n) is 10.6. The molecule has 2 aliphatic carbocycles. The molecule has 30 heavy (non-hydrogen) atoms. The summed E-state index contributed by atoms with van der Waals surface area (Å²) in [5, 5.41) is 2.68. The van der Waals surface area contributed by atoms with Crippen molar-refractivity contribution in [2.45, 2.75) is 97.7 Å². The quantitative estimate of drug-likeness (QED) is 0.430. The van der Waals surface area contributed by atoms with E-state index in [1.807, 2.05) is 6.92 Å². The summed E-state index contributed by atoms with van der Waals surface area (Å²) < 4.78 is 12.4. The van der Waals surface area contributed by atoms with Gasteiger partial charge in [0.1, 0.15) is 5.75 Å².